The Morgan fingerprint density at radius 2 is 1.85 bits per heavy atom. The lowest BCUT2D eigenvalue weighted by Gasteiger charge is -2.18. The fraction of sp³-hybridized carbons (Fsp3) is 0.619. The SMILES string of the molecule is CC(C)CC/C(CCCCCSc1ccccc1)=N\OC(C)(C)C(=O)O. The molecule has 1 N–H and O–H groups in total. The third-order valence-electron chi connectivity index (χ3n) is 4.05. The van der Waals surface area contributed by atoms with Crippen LogP contribution in [0.5, 0.6) is 0 Å². The van der Waals surface area contributed by atoms with Crippen molar-refractivity contribution in [3.05, 3.63) is 30.3 Å². The summed E-state index contributed by atoms with van der Waals surface area (Å²) in [6.07, 6.45) is 6.15. The predicted octanol–water partition coefficient (Wildman–Crippen LogP) is 6.01. The number of unbranched alkanes of at least 4 members (excludes halogenated alkanes) is 2. The lowest BCUT2D eigenvalue weighted by atomic mass is 10.0. The topological polar surface area (TPSA) is 58.9 Å². The van der Waals surface area contributed by atoms with Gasteiger partial charge in [0.1, 0.15) is 0 Å². The number of oxime groups is 1. The van der Waals surface area contributed by atoms with Crippen molar-refractivity contribution in [3.63, 3.8) is 0 Å². The standard InChI is InChI=1S/C21H33NO3S/c1-17(2)14-15-18(22-25-21(3,4)20(23)24)11-7-6-10-16-26-19-12-8-5-9-13-19/h5,8-9,12-13,17H,6-7,10-11,14-16H2,1-4H3,(H,23,24)/b22-18-. The van der Waals surface area contributed by atoms with Gasteiger partial charge >= 0.3 is 5.97 Å². The molecule has 0 atom stereocenters. The summed E-state index contributed by atoms with van der Waals surface area (Å²) in [4.78, 5) is 17.8. The fourth-order valence-electron chi connectivity index (χ4n) is 2.20. The van der Waals surface area contributed by atoms with Crippen LogP contribution >= 0.6 is 11.8 Å². The smallest absolute Gasteiger partial charge is 0.350 e. The van der Waals surface area contributed by atoms with Crippen LogP contribution in [0.4, 0.5) is 0 Å². The van der Waals surface area contributed by atoms with Gasteiger partial charge < -0.3 is 9.94 Å². The molecule has 1 aromatic carbocycles. The Hall–Kier alpha value is -1.49. The van der Waals surface area contributed by atoms with E-state index in [0.717, 1.165) is 43.6 Å². The van der Waals surface area contributed by atoms with Gasteiger partial charge in [-0.2, -0.15) is 0 Å². The molecule has 0 radical (unpaired) electrons. The maximum Gasteiger partial charge on any atom is 0.350 e. The predicted molar refractivity (Wildman–Crippen MR) is 110 cm³/mol. The minimum absolute atomic E-state index is 0.593. The highest BCUT2D eigenvalue weighted by atomic mass is 32.2. The first-order chi connectivity index (χ1) is 12.3. The summed E-state index contributed by atoms with van der Waals surface area (Å²) in [7, 11) is 0. The van der Waals surface area contributed by atoms with E-state index in [2.05, 4.69) is 43.3 Å². The van der Waals surface area contributed by atoms with Gasteiger partial charge in [-0.05, 0) is 69.8 Å². The quantitative estimate of drug-likeness (QED) is 0.197. The Morgan fingerprint density at radius 3 is 2.46 bits per heavy atom. The molecule has 26 heavy (non-hydrogen) atoms. The van der Waals surface area contributed by atoms with Crippen molar-refractivity contribution in [1.82, 2.24) is 0 Å². The Kier molecular flexibility index (Phi) is 10.4. The molecule has 0 saturated heterocycles. The van der Waals surface area contributed by atoms with Gasteiger partial charge in [0.05, 0.1) is 5.71 Å². The van der Waals surface area contributed by atoms with Crippen molar-refractivity contribution in [1.29, 1.82) is 0 Å². The molecule has 0 aliphatic heterocycles. The number of nitrogens with zero attached hydrogens (tertiary/aromatic N) is 1. The Morgan fingerprint density at radius 1 is 1.15 bits per heavy atom. The van der Waals surface area contributed by atoms with E-state index in [-0.39, 0.29) is 0 Å². The number of aliphatic carboxylic acids is 1. The molecule has 1 rings (SSSR count). The first-order valence-corrected chi connectivity index (χ1v) is 10.4. The van der Waals surface area contributed by atoms with Crippen LogP contribution in [-0.2, 0) is 9.63 Å². The number of rotatable bonds is 13. The summed E-state index contributed by atoms with van der Waals surface area (Å²) in [6, 6.07) is 10.5. The van der Waals surface area contributed by atoms with Crippen molar-refractivity contribution in [3.8, 4) is 0 Å². The monoisotopic (exact) mass is 379 g/mol. The average Bonchev–Trinajstić information content (AvgIpc) is 2.60. The molecule has 0 amide bonds. The van der Waals surface area contributed by atoms with E-state index in [1.54, 1.807) is 0 Å². The van der Waals surface area contributed by atoms with Gasteiger partial charge in [-0.15, -0.1) is 11.8 Å². The molecule has 0 aromatic heterocycles. The summed E-state index contributed by atoms with van der Waals surface area (Å²) >= 11 is 1.89. The van der Waals surface area contributed by atoms with Crippen molar-refractivity contribution in [2.45, 2.75) is 76.7 Å². The molecule has 5 heteroatoms. The molecular weight excluding hydrogens is 346 g/mol. The number of benzene rings is 1. The maximum atomic E-state index is 11.2. The van der Waals surface area contributed by atoms with Crippen molar-refractivity contribution < 1.29 is 14.7 Å². The van der Waals surface area contributed by atoms with Crippen LogP contribution in [0.15, 0.2) is 40.4 Å². The van der Waals surface area contributed by atoms with Crippen molar-refractivity contribution >= 4 is 23.4 Å². The second-order valence-electron chi connectivity index (χ2n) is 7.47. The zero-order valence-corrected chi connectivity index (χ0v) is 17.3. The van der Waals surface area contributed by atoms with Gasteiger partial charge in [0.2, 0.25) is 5.60 Å². The third kappa shape index (κ3) is 9.85. The number of hydrogen-bond acceptors (Lipinski definition) is 4. The maximum absolute atomic E-state index is 11.2. The fourth-order valence-corrected chi connectivity index (χ4v) is 3.14. The molecule has 0 aliphatic carbocycles. The van der Waals surface area contributed by atoms with Crippen LogP contribution in [0.1, 0.15) is 66.2 Å². The average molecular weight is 380 g/mol. The molecule has 146 valence electrons. The summed E-state index contributed by atoms with van der Waals surface area (Å²) in [5.74, 6) is 0.711. The second kappa shape index (κ2) is 12.0. The van der Waals surface area contributed by atoms with Gasteiger partial charge in [0.15, 0.2) is 0 Å². The molecular formula is C21H33NO3S. The first kappa shape index (κ1) is 22.6. The van der Waals surface area contributed by atoms with Crippen LogP contribution in [0.2, 0.25) is 0 Å². The highest BCUT2D eigenvalue weighted by molar-refractivity contribution is 7.99. The Balaban J connectivity index is 2.36. The molecule has 4 nitrogen and oxygen atoms in total. The molecule has 0 saturated carbocycles. The molecule has 0 fully saturated rings. The molecule has 0 heterocycles. The Bertz CT molecular complexity index is 556. The second-order valence-corrected chi connectivity index (χ2v) is 8.64. The lowest BCUT2D eigenvalue weighted by molar-refractivity contribution is -0.161. The van der Waals surface area contributed by atoms with E-state index in [1.165, 1.54) is 25.2 Å². The van der Waals surface area contributed by atoms with Crippen LogP contribution in [0, 0.1) is 5.92 Å². The molecule has 0 spiro atoms. The number of carboxylic acids is 1. The number of hydrogen-bond donors (Lipinski definition) is 1. The number of carboxylic acid groups (broad SMARTS) is 1. The Labute approximate surface area is 162 Å². The summed E-state index contributed by atoms with van der Waals surface area (Å²) in [6.45, 7) is 7.42. The number of carbonyl (C=O) groups is 1. The van der Waals surface area contributed by atoms with Gasteiger partial charge in [0.25, 0.3) is 0 Å². The van der Waals surface area contributed by atoms with Gasteiger partial charge in [0, 0.05) is 4.90 Å². The van der Waals surface area contributed by atoms with E-state index in [4.69, 9.17) is 9.94 Å². The minimum Gasteiger partial charge on any atom is -0.478 e. The van der Waals surface area contributed by atoms with Crippen molar-refractivity contribution in [2.75, 3.05) is 5.75 Å². The molecule has 0 bridgehead atoms. The summed E-state index contributed by atoms with van der Waals surface area (Å²) in [5.41, 5.74) is -0.307. The van der Waals surface area contributed by atoms with Crippen LogP contribution in [-0.4, -0.2) is 28.1 Å². The largest absolute Gasteiger partial charge is 0.478 e. The highest BCUT2D eigenvalue weighted by Gasteiger charge is 2.29. The molecule has 0 aliphatic rings. The highest BCUT2D eigenvalue weighted by Crippen LogP contribution is 2.20. The van der Waals surface area contributed by atoms with E-state index in [0.29, 0.717) is 5.92 Å². The van der Waals surface area contributed by atoms with E-state index in [9.17, 15) is 4.79 Å². The zero-order valence-electron chi connectivity index (χ0n) is 16.5. The van der Waals surface area contributed by atoms with Gasteiger partial charge in [-0.1, -0.05) is 43.6 Å². The number of thioether (sulfide) groups is 1. The molecule has 0 unspecified atom stereocenters. The van der Waals surface area contributed by atoms with E-state index < -0.39 is 11.6 Å². The van der Waals surface area contributed by atoms with Crippen molar-refractivity contribution in [2.24, 2.45) is 11.1 Å². The van der Waals surface area contributed by atoms with E-state index >= 15 is 0 Å². The zero-order chi connectivity index (χ0) is 19.4. The van der Waals surface area contributed by atoms with Crippen LogP contribution in [0.3, 0.4) is 0 Å². The van der Waals surface area contributed by atoms with E-state index in [1.807, 2.05) is 17.8 Å². The first-order valence-electron chi connectivity index (χ1n) is 9.46. The minimum atomic E-state index is -1.28. The lowest BCUT2D eigenvalue weighted by Crippen LogP contribution is -2.33. The van der Waals surface area contributed by atoms with Gasteiger partial charge in [-0.3, -0.25) is 0 Å². The van der Waals surface area contributed by atoms with Crippen LogP contribution < -0.4 is 0 Å². The normalized spacial score (nSPS) is 12.4. The third-order valence-corrected chi connectivity index (χ3v) is 5.15. The summed E-state index contributed by atoms with van der Waals surface area (Å²) in [5, 5.41) is 13.3. The molecule has 1 aromatic rings. The summed E-state index contributed by atoms with van der Waals surface area (Å²) < 4.78 is 0. The van der Waals surface area contributed by atoms with Crippen LogP contribution in [0.25, 0.3) is 0 Å². The van der Waals surface area contributed by atoms with Gasteiger partial charge in [-0.25, -0.2) is 4.79 Å².